The monoisotopic (exact) mass is 436 g/mol. The van der Waals surface area contributed by atoms with Crippen molar-refractivity contribution in [2.24, 2.45) is 0 Å². The molecular weight excluding hydrogens is 422 g/mol. The number of thioether (sulfide) groups is 1. The molecule has 7 nitrogen and oxygen atoms in total. The normalized spacial score (nSPS) is 12.9. The van der Waals surface area contributed by atoms with E-state index < -0.39 is 21.5 Å². The predicted octanol–water partition coefficient (Wildman–Crippen LogP) is 3.71. The fourth-order valence-corrected chi connectivity index (χ4v) is 3.70. The van der Waals surface area contributed by atoms with Gasteiger partial charge in [0.15, 0.2) is 0 Å². The van der Waals surface area contributed by atoms with E-state index in [-0.39, 0.29) is 10.6 Å². The maximum absolute atomic E-state index is 11.5. The third-order valence-corrected chi connectivity index (χ3v) is 5.22. The predicted molar refractivity (Wildman–Crippen MR) is 107 cm³/mol. The van der Waals surface area contributed by atoms with Crippen molar-refractivity contribution in [3.63, 3.8) is 0 Å². The van der Waals surface area contributed by atoms with Crippen LogP contribution in [0, 0.1) is 17.6 Å². The van der Waals surface area contributed by atoms with E-state index >= 15 is 0 Å². The van der Waals surface area contributed by atoms with Crippen LogP contribution in [0.3, 0.4) is 0 Å². The number of hydrogen-bond donors (Lipinski definition) is 1. The highest BCUT2D eigenvalue weighted by Crippen LogP contribution is 2.28. The first kappa shape index (κ1) is 21.9. The van der Waals surface area contributed by atoms with Gasteiger partial charge < -0.3 is 8.74 Å². The number of hydrogen-bond acceptors (Lipinski definition) is 7. The summed E-state index contributed by atoms with van der Waals surface area (Å²) in [6, 6.07) is 9.27. The standard InChI is InChI=1S/C18H15NO6S3/c1-13-6-7-15(18(10-13)28(22,23)24)5-3-2-4-14-8-9-16(26-12-19)11-17(14)25-27(20)21/h2-11H,1H3,(H,20,21)(H,22,23,24)/p-1/b4-2+,5-3+. The third kappa shape index (κ3) is 6.33. The summed E-state index contributed by atoms with van der Waals surface area (Å²) in [5.74, 6) is 0.0483. The second-order valence-electron chi connectivity index (χ2n) is 5.42. The van der Waals surface area contributed by atoms with Crippen molar-refractivity contribution in [2.75, 3.05) is 0 Å². The molecule has 0 bridgehead atoms. The van der Waals surface area contributed by atoms with Gasteiger partial charge in [-0.3, -0.25) is 4.55 Å². The molecule has 2 aromatic rings. The summed E-state index contributed by atoms with van der Waals surface area (Å²) in [6.45, 7) is 1.71. The molecule has 0 amide bonds. The molecule has 1 unspecified atom stereocenters. The topological polar surface area (TPSA) is 128 Å². The average Bonchev–Trinajstić information content (AvgIpc) is 2.60. The maximum atomic E-state index is 11.5. The van der Waals surface area contributed by atoms with E-state index in [1.165, 1.54) is 24.3 Å². The summed E-state index contributed by atoms with van der Waals surface area (Å²) in [5.41, 5.74) is 1.42. The number of nitrogens with zero attached hydrogens (tertiary/aromatic N) is 1. The summed E-state index contributed by atoms with van der Waals surface area (Å²) in [5, 5.41) is 10.6. The Bertz CT molecular complexity index is 1100. The quantitative estimate of drug-likeness (QED) is 0.229. The van der Waals surface area contributed by atoms with Crippen molar-refractivity contribution in [2.45, 2.75) is 16.7 Å². The second kappa shape index (κ2) is 9.68. The van der Waals surface area contributed by atoms with Crippen LogP contribution in [0.25, 0.3) is 12.2 Å². The Hall–Kier alpha value is -2.42. The van der Waals surface area contributed by atoms with Crippen LogP contribution in [0.15, 0.2) is 58.3 Å². The van der Waals surface area contributed by atoms with E-state index in [0.717, 1.165) is 11.8 Å². The molecular formula is C18H14NO6S3-. The lowest BCUT2D eigenvalue weighted by Gasteiger charge is -2.10. The number of aryl methyl sites for hydroxylation is 1. The molecule has 28 heavy (non-hydrogen) atoms. The SMILES string of the molecule is Cc1ccc(/C=C/C=C/c2ccc(SC#N)cc2OS(=O)[O-])c(S(=O)(=O)O)c1. The van der Waals surface area contributed by atoms with E-state index in [1.54, 1.807) is 43.3 Å². The van der Waals surface area contributed by atoms with Gasteiger partial charge in [-0.15, -0.1) is 0 Å². The molecule has 0 saturated heterocycles. The largest absolute Gasteiger partial charge is 0.740 e. The van der Waals surface area contributed by atoms with Crippen molar-refractivity contribution in [1.82, 2.24) is 0 Å². The molecule has 0 fully saturated rings. The summed E-state index contributed by atoms with van der Waals surface area (Å²) in [6.07, 6.45) is 6.14. The van der Waals surface area contributed by atoms with Crippen LogP contribution in [0.4, 0.5) is 0 Å². The summed E-state index contributed by atoms with van der Waals surface area (Å²) in [7, 11) is -4.37. The minimum absolute atomic E-state index is 0.0483. The van der Waals surface area contributed by atoms with E-state index in [1.807, 2.05) is 5.40 Å². The van der Waals surface area contributed by atoms with Gasteiger partial charge in [-0.2, -0.15) is 13.7 Å². The molecule has 2 aromatic carbocycles. The Kier molecular flexibility index (Phi) is 7.56. The number of nitriles is 1. The van der Waals surface area contributed by atoms with Gasteiger partial charge >= 0.3 is 0 Å². The molecule has 0 aliphatic heterocycles. The fourth-order valence-electron chi connectivity index (χ4n) is 2.24. The maximum Gasteiger partial charge on any atom is 0.295 e. The lowest BCUT2D eigenvalue weighted by atomic mass is 10.1. The van der Waals surface area contributed by atoms with Crippen molar-refractivity contribution in [3.8, 4) is 11.2 Å². The van der Waals surface area contributed by atoms with Crippen LogP contribution in [-0.2, 0) is 21.5 Å². The Balaban J connectivity index is 2.30. The first-order valence-corrected chi connectivity index (χ1v) is 10.9. The fraction of sp³-hybridized carbons (Fsp3) is 0.0556. The second-order valence-corrected chi connectivity index (χ2v) is 8.24. The van der Waals surface area contributed by atoms with Gasteiger partial charge in [0, 0.05) is 10.5 Å². The molecule has 1 atom stereocenters. The zero-order valence-corrected chi connectivity index (χ0v) is 16.9. The van der Waals surface area contributed by atoms with Crippen molar-refractivity contribution in [1.29, 1.82) is 5.26 Å². The zero-order valence-electron chi connectivity index (χ0n) is 14.4. The van der Waals surface area contributed by atoms with Crippen LogP contribution < -0.4 is 4.18 Å². The summed E-state index contributed by atoms with van der Waals surface area (Å²) in [4.78, 5) is 0.314. The van der Waals surface area contributed by atoms with E-state index in [4.69, 9.17) is 9.44 Å². The molecule has 0 radical (unpaired) electrons. The van der Waals surface area contributed by atoms with Gasteiger partial charge in [-0.1, -0.05) is 42.5 Å². The van der Waals surface area contributed by atoms with Crippen molar-refractivity contribution < 1.29 is 25.9 Å². The summed E-state index contributed by atoms with van der Waals surface area (Å²) >= 11 is -1.92. The minimum Gasteiger partial charge on any atom is -0.740 e. The number of thiocyanates is 1. The van der Waals surface area contributed by atoms with Crippen LogP contribution >= 0.6 is 11.8 Å². The third-order valence-electron chi connectivity index (χ3n) is 3.42. The number of rotatable bonds is 7. The molecule has 146 valence electrons. The molecule has 0 spiro atoms. The molecule has 0 saturated carbocycles. The lowest BCUT2D eigenvalue weighted by molar-refractivity contribution is 0.439. The molecule has 0 aliphatic carbocycles. The first-order valence-electron chi connectivity index (χ1n) is 7.61. The van der Waals surface area contributed by atoms with Gasteiger partial charge in [-0.25, -0.2) is 4.21 Å². The summed E-state index contributed by atoms with van der Waals surface area (Å²) < 4.78 is 58.8. The average molecular weight is 437 g/mol. The van der Waals surface area contributed by atoms with Gasteiger partial charge in [0.2, 0.25) is 0 Å². The Morgan fingerprint density at radius 2 is 1.82 bits per heavy atom. The van der Waals surface area contributed by atoms with Gasteiger partial charge in [0.25, 0.3) is 10.1 Å². The highest BCUT2D eigenvalue weighted by atomic mass is 32.2. The lowest BCUT2D eigenvalue weighted by Crippen LogP contribution is -2.01. The van der Waals surface area contributed by atoms with Gasteiger partial charge in [0.05, 0.1) is 0 Å². The first-order chi connectivity index (χ1) is 13.2. The zero-order chi connectivity index (χ0) is 20.7. The molecule has 0 heterocycles. The Morgan fingerprint density at radius 3 is 2.43 bits per heavy atom. The van der Waals surface area contributed by atoms with Crippen LogP contribution in [0.1, 0.15) is 16.7 Å². The van der Waals surface area contributed by atoms with E-state index in [9.17, 15) is 21.7 Å². The van der Waals surface area contributed by atoms with Crippen molar-refractivity contribution in [3.05, 3.63) is 65.2 Å². The van der Waals surface area contributed by atoms with Crippen LogP contribution in [0.5, 0.6) is 5.75 Å². The highest BCUT2D eigenvalue weighted by molar-refractivity contribution is 8.03. The van der Waals surface area contributed by atoms with E-state index in [0.29, 0.717) is 21.6 Å². The highest BCUT2D eigenvalue weighted by Gasteiger charge is 2.13. The molecule has 0 aliphatic rings. The van der Waals surface area contributed by atoms with Gasteiger partial charge in [-0.05, 0) is 48.0 Å². The van der Waals surface area contributed by atoms with E-state index in [2.05, 4.69) is 0 Å². The molecule has 10 heteroatoms. The molecule has 2 rings (SSSR count). The van der Waals surface area contributed by atoms with Crippen molar-refractivity contribution >= 4 is 45.4 Å². The molecule has 0 aromatic heterocycles. The minimum atomic E-state index is -4.37. The molecule has 1 N–H and O–H groups in total. The number of allylic oxidation sites excluding steroid dienone is 2. The Labute approximate surface area is 169 Å². The number of benzene rings is 2. The van der Waals surface area contributed by atoms with Crippen LogP contribution in [-0.4, -0.2) is 21.7 Å². The Morgan fingerprint density at radius 1 is 1.18 bits per heavy atom. The van der Waals surface area contributed by atoms with Crippen LogP contribution in [0.2, 0.25) is 0 Å². The smallest absolute Gasteiger partial charge is 0.295 e. The van der Waals surface area contributed by atoms with Gasteiger partial charge in [0.1, 0.15) is 27.4 Å².